The summed E-state index contributed by atoms with van der Waals surface area (Å²) in [5.74, 6) is 2.30. The van der Waals surface area contributed by atoms with Crippen LogP contribution in [0.5, 0.6) is 17.2 Å². The zero-order valence-electron chi connectivity index (χ0n) is 16.3. The molecule has 0 bridgehead atoms. The van der Waals surface area contributed by atoms with Gasteiger partial charge in [-0.1, -0.05) is 54.1 Å². The summed E-state index contributed by atoms with van der Waals surface area (Å²) < 4.78 is 18.8. The average molecular weight is 418 g/mol. The smallest absolute Gasteiger partial charge is 0.231 e. The molecule has 0 N–H and O–H groups in total. The van der Waals surface area contributed by atoms with Crippen LogP contribution >= 0.6 is 11.6 Å². The summed E-state index contributed by atoms with van der Waals surface area (Å²) >= 11 is 6.41. The highest BCUT2D eigenvalue weighted by Gasteiger charge is 2.16. The summed E-state index contributed by atoms with van der Waals surface area (Å²) in [5.41, 5.74) is 4.42. The number of aromatic nitrogens is 1. The van der Waals surface area contributed by atoms with Crippen molar-refractivity contribution in [3.8, 4) is 28.4 Å². The molecule has 0 fully saturated rings. The molecule has 3 aromatic carbocycles. The Balaban J connectivity index is 1.26. The number of ether oxygens (including phenoxy) is 3. The molecular weight excluding hydrogens is 398 g/mol. The molecule has 4 aromatic rings. The van der Waals surface area contributed by atoms with Crippen LogP contribution in [0.2, 0.25) is 5.02 Å². The van der Waals surface area contributed by atoms with Gasteiger partial charge >= 0.3 is 0 Å². The normalized spacial score (nSPS) is 12.2. The molecule has 5 rings (SSSR count). The third-order valence-corrected chi connectivity index (χ3v) is 5.43. The molecule has 0 aliphatic carbocycles. The van der Waals surface area contributed by atoms with E-state index in [-0.39, 0.29) is 6.79 Å². The number of hydrogen-bond acceptors (Lipinski definition) is 3. The van der Waals surface area contributed by atoms with E-state index in [9.17, 15) is 0 Å². The second kappa shape index (κ2) is 8.17. The van der Waals surface area contributed by atoms with Gasteiger partial charge in [0.15, 0.2) is 11.5 Å². The van der Waals surface area contributed by atoms with Crippen LogP contribution in [0.1, 0.15) is 11.1 Å². The number of fused-ring (bicyclic) bond motifs is 1. The van der Waals surface area contributed by atoms with Crippen molar-refractivity contribution in [2.24, 2.45) is 0 Å². The third-order valence-electron chi connectivity index (χ3n) is 5.08. The van der Waals surface area contributed by atoms with E-state index in [0.29, 0.717) is 23.9 Å². The van der Waals surface area contributed by atoms with E-state index in [1.165, 1.54) is 0 Å². The predicted octanol–water partition coefficient (Wildman–Crippen LogP) is 6.16. The highest BCUT2D eigenvalue weighted by Crippen LogP contribution is 2.37. The second-order valence-electron chi connectivity index (χ2n) is 7.17. The first-order valence-corrected chi connectivity index (χ1v) is 10.1. The van der Waals surface area contributed by atoms with Crippen molar-refractivity contribution in [3.05, 3.63) is 101 Å². The van der Waals surface area contributed by atoms with Crippen LogP contribution < -0.4 is 14.2 Å². The van der Waals surface area contributed by atoms with Gasteiger partial charge in [-0.25, -0.2) is 0 Å². The molecule has 1 aromatic heterocycles. The number of halogens is 1. The number of rotatable bonds is 6. The molecule has 1 aliphatic rings. The molecule has 0 atom stereocenters. The average Bonchev–Trinajstić information content (AvgIpc) is 3.43. The highest BCUT2D eigenvalue weighted by atomic mass is 35.5. The van der Waals surface area contributed by atoms with Crippen molar-refractivity contribution in [2.75, 3.05) is 6.79 Å². The van der Waals surface area contributed by atoms with Crippen molar-refractivity contribution >= 4 is 11.6 Å². The maximum Gasteiger partial charge on any atom is 0.231 e. The molecule has 4 nitrogen and oxygen atoms in total. The van der Waals surface area contributed by atoms with Gasteiger partial charge in [0.05, 0.1) is 0 Å². The maximum atomic E-state index is 6.41. The van der Waals surface area contributed by atoms with Gasteiger partial charge in [-0.2, -0.15) is 0 Å². The molecule has 0 spiro atoms. The van der Waals surface area contributed by atoms with Crippen molar-refractivity contribution in [3.63, 3.8) is 0 Å². The van der Waals surface area contributed by atoms with Crippen LogP contribution in [0.3, 0.4) is 0 Å². The fourth-order valence-electron chi connectivity index (χ4n) is 3.47. The van der Waals surface area contributed by atoms with Gasteiger partial charge in [-0.05, 0) is 46.5 Å². The zero-order valence-corrected chi connectivity index (χ0v) is 17.0. The SMILES string of the molecule is Clc1cc2c(cc1Cn1ccc(-c3ccc(OCc4ccccc4)cc3)c1)OCO2. The topological polar surface area (TPSA) is 32.6 Å². The van der Waals surface area contributed by atoms with Crippen molar-refractivity contribution in [1.29, 1.82) is 0 Å². The zero-order chi connectivity index (χ0) is 20.3. The van der Waals surface area contributed by atoms with E-state index in [2.05, 4.69) is 47.3 Å². The Hall–Kier alpha value is -3.37. The first-order chi connectivity index (χ1) is 14.7. The lowest BCUT2D eigenvalue weighted by molar-refractivity contribution is 0.174. The Kier molecular flexibility index (Phi) is 5.08. The summed E-state index contributed by atoms with van der Waals surface area (Å²) in [5, 5.41) is 0.675. The number of nitrogens with zero attached hydrogens (tertiary/aromatic N) is 1. The second-order valence-corrected chi connectivity index (χ2v) is 7.58. The molecule has 30 heavy (non-hydrogen) atoms. The monoisotopic (exact) mass is 417 g/mol. The first kappa shape index (κ1) is 18.6. The Morgan fingerprint density at radius 1 is 0.867 bits per heavy atom. The molecule has 5 heteroatoms. The number of hydrogen-bond donors (Lipinski definition) is 0. The van der Waals surface area contributed by atoms with Gasteiger partial charge in [0, 0.05) is 30.0 Å². The minimum atomic E-state index is 0.244. The van der Waals surface area contributed by atoms with Crippen LogP contribution in [0.15, 0.2) is 85.2 Å². The first-order valence-electron chi connectivity index (χ1n) is 9.75. The van der Waals surface area contributed by atoms with Crippen LogP contribution in [-0.2, 0) is 13.2 Å². The summed E-state index contributed by atoms with van der Waals surface area (Å²) in [6.45, 7) is 1.47. The quantitative estimate of drug-likeness (QED) is 0.376. The van der Waals surface area contributed by atoms with E-state index in [0.717, 1.165) is 33.8 Å². The largest absolute Gasteiger partial charge is 0.489 e. The Morgan fingerprint density at radius 3 is 2.43 bits per heavy atom. The molecule has 0 unspecified atom stereocenters. The van der Waals surface area contributed by atoms with E-state index in [4.69, 9.17) is 25.8 Å². The lowest BCUT2D eigenvalue weighted by atomic mass is 10.1. The molecular formula is C25H20ClNO3. The minimum Gasteiger partial charge on any atom is -0.489 e. The third kappa shape index (κ3) is 4.00. The summed E-state index contributed by atoms with van der Waals surface area (Å²) in [4.78, 5) is 0. The molecule has 150 valence electrons. The summed E-state index contributed by atoms with van der Waals surface area (Å²) in [7, 11) is 0. The van der Waals surface area contributed by atoms with E-state index in [1.807, 2.05) is 42.5 Å². The van der Waals surface area contributed by atoms with Gasteiger partial charge in [0.2, 0.25) is 6.79 Å². The maximum absolute atomic E-state index is 6.41. The molecule has 0 saturated carbocycles. The van der Waals surface area contributed by atoms with Gasteiger partial charge in [-0.3, -0.25) is 0 Å². The van der Waals surface area contributed by atoms with Crippen molar-refractivity contribution < 1.29 is 14.2 Å². The molecule has 0 amide bonds. The van der Waals surface area contributed by atoms with Gasteiger partial charge in [-0.15, -0.1) is 0 Å². The van der Waals surface area contributed by atoms with Crippen LogP contribution in [0.25, 0.3) is 11.1 Å². The van der Waals surface area contributed by atoms with E-state index < -0.39 is 0 Å². The van der Waals surface area contributed by atoms with Crippen LogP contribution in [0, 0.1) is 0 Å². The molecule has 0 radical (unpaired) electrons. The van der Waals surface area contributed by atoms with Crippen LogP contribution in [-0.4, -0.2) is 11.4 Å². The van der Waals surface area contributed by atoms with Gasteiger partial charge < -0.3 is 18.8 Å². The molecule has 1 aliphatic heterocycles. The summed E-state index contributed by atoms with van der Waals surface area (Å²) in [6.07, 6.45) is 4.16. The lowest BCUT2D eigenvalue weighted by Crippen LogP contribution is -1.97. The fourth-order valence-corrected chi connectivity index (χ4v) is 3.68. The molecule has 0 saturated heterocycles. The van der Waals surface area contributed by atoms with E-state index in [1.54, 1.807) is 0 Å². The van der Waals surface area contributed by atoms with E-state index >= 15 is 0 Å². The van der Waals surface area contributed by atoms with Crippen LogP contribution in [0.4, 0.5) is 0 Å². The Morgan fingerprint density at radius 2 is 1.63 bits per heavy atom. The Labute approximate surface area is 180 Å². The highest BCUT2D eigenvalue weighted by molar-refractivity contribution is 6.31. The minimum absolute atomic E-state index is 0.244. The van der Waals surface area contributed by atoms with Gasteiger partial charge in [0.1, 0.15) is 12.4 Å². The lowest BCUT2D eigenvalue weighted by Gasteiger charge is -2.08. The van der Waals surface area contributed by atoms with Crippen molar-refractivity contribution in [1.82, 2.24) is 4.57 Å². The summed E-state index contributed by atoms with van der Waals surface area (Å²) in [6, 6.07) is 24.2. The Bertz CT molecular complexity index is 1150. The molecule has 2 heterocycles. The van der Waals surface area contributed by atoms with Gasteiger partial charge in [0.25, 0.3) is 0 Å². The predicted molar refractivity (Wildman–Crippen MR) is 117 cm³/mol. The standard InChI is InChI=1S/C25H20ClNO3/c26-23-13-25-24(29-17-30-25)12-21(23)15-27-11-10-20(14-27)19-6-8-22(9-7-19)28-16-18-4-2-1-3-5-18/h1-14H,15-17H2. The number of benzene rings is 3. The fraction of sp³-hybridized carbons (Fsp3) is 0.120. The van der Waals surface area contributed by atoms with Crippen molar-refractivity contribution in [2.45, 2.75) is 13.2 Å².